The summed E-state index contributed by atoms with van der Waals surface area (Å²) in [4.78, 5) is 32.8. The zero-order valence-corrected chi connectivity index (χ0v) is 17.3. The number of aryl methyl sites for hydroxylation is 1. The van der Waals surface area contributed by atoms with Crippen LogP contribution in [0.15, 0.2) is 28.1 Å². The number of nitrogens with zero attached hydrogens (tertiary/aromatic N) is 3. The molecule has 7 nitrogen and oxygen atoms in total. The number of esters is 1. The molecular formula is C21H23N3O4S. The molecule has 0 radical (unpaired) electrons. The van der Waals surface area contributed by atoms with Crippen LogP contribution >= 0.6 is 11.3 Å². The summed E-state index contributed by atoms with van der Waals surface area (Å²) in [7, 11) is 0. The van der Waals surface area contributed by atoms with E-state index in [0.717, 1.165) is 37.1 Å². The Hall–Kier alpha value is -2.74. The van der Waals surface area contributed by atoms with Crippen molar-refractivity contribution >= 4 is 34.3 Å². The molecule has 1 unspecified atom stereocenters. The van der Waals surface area contributed by atoms with Gasteiger partial charge in [-0.1, -0.05) is 18.1 Å². The van der Waals surface area contributed by atoms with E-state index < -0.39 is 5.97 Å². The lowest BCUT2D eigenvalue weighted by atomic mass is 10.00. The van der Waals surface area contributed by atoms with Crippen molar-refractivity contribution in [2.45, 2.75) is 45.6 Å². The highest BCUT2D eigenvalue weighted by Gasteiger charge is 2.27. The minimum absolute atomic E-state index is 0.143. The Morgan fingerprint density at radius 1 is 1.38 bits per heavy atom. The Morgan fingerprint density at radius 3 is 3.00 bits per heavy atom. The number of pyridine rings is 1. The van der Waals surface area contributed by atoms with Gasteiger partial charge in [-0.2, -0.15) is 0 Å². The molecule has 3 aromatic heterocycles. The van der Waals surface area contributed by atoms with E-state index in [-0.39, 0.29) is 24.3 Å². The number of ether oxygens (including phenoxy) is 1. The second-order valence-corrected chi connectivity index (χ2v) is 8.15. The SMILES string of the molecule is CCC1CCCCN1C(=O)COC(=O)c1cc(-c2cccs2)nc2onc(C)c12. The maximum atomic E-state index is 12.9. The molecule has 0 aliphatic carbocycles. The van der Waals surface area contributed by atoms with Crippen molar-refractivity contribution in [2.75, 3.05) is 13.2 Å². The van der Waals surface area contributed by atoms with Gasteiger partial charge in [0.05, 0.1) is 27.2 Å². The summed E-state index contributed by atoms with van der Waals surface area (Å²) in [6, 6.07) is 5.74. The molecule has 4 rings (SSSR count). The molecule has 0 aromatic carbocycles. The molecule has 0 bridgehead atoms. The first-order valence-corrected chi connectivity index (χ1v) is 10.7. The smallest absolute Gasteiger partial charge is 0.339 e. The van der Waals surface area contributed by atoms with Gasteiger partial charge in [0.1, 0.15) is 0 Å². The summed E-state index contributed by atoms with van der Waals surface area (Å²) in [5.41, 5.74) is 1.78. The number of thiophene rings is 1. The molecule has 1 saturated heterocycles. The predicted octanol–water partition coefficient (Wildman–Crippen LogP) is 4.21. The van der Waals surface area contributed by atoms with Gasteiger partial charge in [0.2, 0.25) is 0 Å². The third kappa shape index (κ3) is 3.89. The first-order valence-electron chi connectivity index (χ1n) is 9.86. The van der Waals surface area contributed by atoms with Crippen LogP contribution in [0.25, 0.3) is 21.7 Å². The molecule has 1 atom stereocenters. The topological polar surface area (TPSA) is 85.5 Å². The van der Waals surface area contributed by atoms with Crippen molar-refractivity contribution in [1.29, 1.82) is 0 Å². The third-order valence-electron chi connectivity index (χ3n) is 5.36. The number of amides is 1. The molecule has 0 spiro atoms. The molecule has 0 saturated carbocycles. The highest BCUT2D eigenvalue weighted by atomic mass is 32.1. The molecule has 1 aliphatic rings. The second-order valence-electron chi connectivity index (χ2n) is 7.20. The van der Waals surface area contributed by atoms with Gasteiger partial charge in [-0.25, -0.2) is 9.78 Å². The molecule has 3 aromatic rings. The second kappa shape index (κ2) is 8.32. The van der Waals surface area contributed by atoms with Crippen LogP contribution < -0.4 is 0 Å². The van der Waals surface area contributed by atoms with Gasteiger partial charge in [-0.3, -0.25) is 4.79 Å². The van der Waals surface area contributed by atoms with Crippen molar-refractivity contribution in [2.24, 2.45) is 0 Å². The van der Waals surface area contributed by atoms with E-state index in [9.17, 15) is 9.59 Å². The van der Waals surface area contributed by atoms with Crippen molar-refractivity contribution in [1.82, 2.24) is 15.0 Å². The standard InChI is InChI=1S/C21H23N3O4S/c1-3-14-7-4-5-9-24(14)18(25)12-27-21(26)15-11-16(17-8-6-10-29-17)22-20-19(15)13(2)23-28-20/h6,8,10-11,14H,3-5,7,9,12H2,1-2H3. The average molecular weight is 413 g/mol. The van der Waals surface area contributed by atoms with E-state index in [4.69, 9.17) is 9.26 Å². The first kappa shape index (κ1) is 19.6. The van der Waals surface area contributed by atoms with E-state index in [1.54, 1.807) is 13.0 Å². The molecule has 152 valence electrons. The lowest BCUT2D eigenvalue weighted by Crippen LogP contribution is -2.45. The number of likely N-dealkylation sites (tertiary alicyclic amines) is 1. The fraction of sp³-hybridized carbons (Fsp3) is 0.429. The van der Waals surface area contributed by atoms with E-state index >= 15 is 0 Å². The van der Waals surface area contributed by atoms with Gasteiger partial charge in [-0.15, -0.1) is 11.3 Å². The molecule has 29 heavy (non-hydrogen) atoms. The molecule has 1 aliphatic heterocycles. The summed E-state index contributed by atoms with van der Waals surface area (Å²) in [6.07, 6.45) is 4.04. The zero-order chi connectivity index (χ0) is 20.4. The third-order valence-corrected chi connectivity index (χ3v) is 6.25. The van der Waals surface area contributed by atoms with Crippen LogP contribution in [-0.2, 0) is 9.53 Å². The van der Waals surface area contributed by atoms with Gasteiger partial charge in [0, 0.05) is 12.6 Å². The van der Waals surface area contributed by atoms with Crippen molar-refractivity contribution in [3.8, 4) is 10.6 Å². The number of hydrogen-bond acceptors (Lipinski definition) is 7. The Morgan fingerprint density at radius 2 is 2.24 bits per heavy atom. The fourth-order valence-corrected chi connectivity index (χ4v) is 4.53. The Labute approximate surface area is 172 Å². The number of fused-ring (bicyclic) bond motifs is 1. The van der Waals surface area contributed by atoms with Crippen LogP contribution in [0, 0.1) is 6.92 Å². The van der Waals surface area contributed by atoms with E-state index in [1.807, 2.05) is 22.4 Å². The minimum atomic E-state index is -0.570. The van der Waals surface area contributed by atoms with Crippen molar-refractivity contribution in [3.05, 3.63) is 34.8 Å². The van der Waals surface area contributed by atoms with Gasteiger partial charge >= 0.3 is 5.97 Å². The quantitative estimate of drug-likeness (QED) is 0.583. The molecule has 1 fully saturated rings. The van der Waals surface area contributed by atoms with Crippen LogP contribution in [0.3, 0.4) is 0 Å². The average Bonchev–Trinajstić information content (AvgIpc) is 3.41. The summed E-state index contributed by atoms with van der Waals surface area (Å²) < 4.78 is 10.7. The van der Waals surface area contributed by atoms with E-state index in [2.05, 4.69) is 17.1 Å². The Balaban J connectivity index is 1.56. The maximum Gasteiger partial charge on any atom is 0.339 e. The predicted molar refractivity (Wildman–Crippen MR) is 110 cm³/mol. The molecular weight excluding hydrogens is 390 g/mol. The molecule has 4 heterocycles. The summed E-state index contributed by atoms with van der Waals surface area (Å²) >= 11 is 1.51. The van der Waals surface area contributed by atoms with Gasteiger partial charge in [-0.05, 0) is 50.1 Å². The summed E-state index contributed by atoms with van der Waals surface area (Å²) in [5.74, 6) is -0.712. The van der Waals surface area contributed by atoms with E-state index in [0.29, 0.717) is 22.3 Å². The number of rotatable bonds is 5. The van der Waals surface area contributed by atoms with E-state index in [1.165, 1.54) is 11.3 Å². The van der Waals surface area contributed by atoms with Crippen molar-refractivity contribution < 1.29 is 18.8 Å². The van der Waals surface area contributed by atoms with Crippen LogP contribution in [0.2, 0.25) is 0 Å². The zero-order valence-electron chi connectivity index (χ0n) is 16.5. The number of piperidine rings is 1. The lowest BCUT2D eigenvalue weighted by Gasteiger charge is -2.35. The largest absolute Gasteiger partial charge is 0.452 e. The number of aromatic nitrogens is 2. The number of hydrogen-bond donors (Lipinski definition) is 0. The van der Waals surface area contributed by atoms with Crippen molar-refractivity contribution in [3.63, 3.8) is 0 Å². The molecule has 0 N–H and O–H groups in total. The van der Waals surface area contributed by atoms with Gasteiger partial charge in [0.15, 0.2) is 6.61 Å². The summed E-state index contributed by atoms with van der Waals surface area (Å²) in [5, 5.41) is 6.39. The Kier molecular flexibility index (Phi) is 5.62. The fourth-order valence-electron chi connectivity index (χ4n) is 3.85. The highest BCUT2D eigenvalue weighted by molar-refractivity contribution is 7.13. The minimum Gasteiger partial charge on any atom is -0.452 e. The monoisotopic (exact) mass is 413 g/mol. The molecule has 8 heteroatoms. The highest BCUT2D eigenvalue weighted by Crippen LogP contribution is 2.30. The number of carbonyl (C=O) groups is 2. The van der Waals surface area contributed by atoms with Crippen LogP contribution in [0.1, 0.15) is 48.7 Å². The lowest BCUT2D eigenvalue weighted by molar-refractivity contribution is -0.138. The number of carbonyl (C=O) groups excluding carboxylic acids is 2. The van der Waals surface area contributed by atoms with Gasteiger partial charge in [0.25, 0.3) is 11.6 Å². The van der Waals surface area contributed by atoms with Crippen LogP contribution in [0.5, 0.6) is 0 Å². The maximum absolute atomic E-state index is 12.9. The molecule has 1 amide bonds. The van der Waals surface area contributed by atoms with Crippen LogP contribution in [-0.4, -0.2) is 46.1 Å². The first-order chi connectivity index (χ1) is 14.1. The summed E-state index contributed by atoms with van der Waals surface area (Å²) in [6.45, 7) is 4.29. The normalized spacial score (nSPS) is 16.9. The van der Waals surface area contributed by atoms with Crippen LogP contribution in [0.4, 0.5) is 0 Å². The Bertz CT molecular complexity index is 1030. The van der Waals surface area contributed by atoms with Gasteiger partial charge < -0.3 is 14.2 Å².